The van der Waals surface area contributed by atoms with Crippen LogP contribution in [0.4, 0.5) is 5.69 Å². The molecule has 0 saturated carbocycles. The van der Waals surface area contributed by atoms with Crippen molar-refractivity contribution in [1.29, 1.82) is 0 Å². The van der Waals surface area contributed by atoms with Gasteiger partial charge in [-0.2, -0.15) is 0 Å². The molecule has 2 amide bonds. The molecule has 0 aromatic heterocycles. The van der Waals surface area contributed by atoms with Crippen molar-refractivity contribution in [2.24, 2.45) is 0 Å². The molecule has 0 saturated heterocycles. The SMILES string of the molecule is Cc1ccccc1N1NC(C(=O)NCc2ccc(Cl)cc2Cl)=CCC1=O. The van der Waals surface area contributed by atoms with Gasteiger partial charge in [0.1, 0.15) is 5.70 Å². The summed E-state index contributed by atoms with van der Waals surface area (Å²) in [5, 5.41) is 5.22. The van der Waals surface area contributed by atoms with Gasteiger partial charge < -0.3 is 5.32 Å². The number of hydrogen-bond acceptors (Lipinski definition) is 3. The lowest BCUT2D eigenvalue weighted by atomic mass is 10.1. The highest BCUT2D eigenvalue weighted by Crippen LogP contribution is 2.22. The second kappa shape index (κ2) is 7.81. The number of para-hydroxylation sites is 1. The van der Waals surface area contributed by atoms with Crippen molar-refractivity contribution in [3.8, 4) is 0 Å². The molecule has 7 heteroatoms. The highest BCUT2D eigenvalue weighted by molar-refractivity contribution is 6.35. The van der Waals surface area contributed by atoms with Gasteiger partial charge >= 0.3 is 0 Å². The van der Waals surface area contributed by atoms with Gasteiger partial charge in [0.15, 0.2) is 0 Å². The van der Waals surface area contributed by atoms with Crippen LogP contribution in [-0.4, -0.2) is 11.8 Å². The number of hydrogen-bond donors (Lipinski definition) is 2. The Morgan fingerprint density at radius 2 is 2.00 bits per heavy atom. The van der Waals surface area contributed by atoms with E-state index in [1.165, 1.54) is 5.01 Å². The molecule has 1 heterocycles. The number of aryl methyl sites for hydroxylation is 1. The van der Waals surface area contributed by atoms with E-state index < -0.39 is 0 Å². The molecule has 26 heavy (non-hydrogen) atoms. The number of nitrogens with zero attached hydrogens (tertiary/aromatic N) is 1. The second-order valence-corrected chi connectivity index (χ2v) is 6.71. The van der Waals surface area contributed by atoms with Crippen molar-refractivity contribution in [3.63, 3.8) is 0 Å². The maximum Gasteiger partial charge on any atom is 0.269 e. The molecule has 2 aromatic rings. The van der Waals surface area contributed by atoms with Gasteiger partial charge in [-0.05, 0) is 42.3 Å². The first kappa shape index (κ1) is 18.3. The summed E-state index contributed by atoms with van der Waals surface area (Å²) < 4.78 is 0. The zero-order chi connectivity index (χ0) is 18.7. The van der Waals surface area contributed by atoms with Crippen LogP contribution in [0.2, 0.25) is 10.0 Å². The minimum absolute atomic E-state index is 0.128. The van der Waals surface area contributed by atoms with Crippen LogP contribution in [0.3, 0.4) is 0 Å². The number of rotatable bonds is 4. The highest BCUT2D eigenvalue weighted by atomic mass is 35.5. The zero-order valence-corrected chi connectivity index (χ0v) is 15.6. The molecule has 2 aromatic carbocycles. The fourth-order valence-corrected chi connectivity index (χ4v) is 3.07. The molecule has 0 bridgehead atoms. The summed E-state index contributed by atoms with van der Waals surface area (Å²) in [5.41, 5.74) is 5.63. The Kier molecular flexibility index (Phi) is 5.49. The predicted molar refractivity (Wildman–Crippen MR) is 103 cm³/mol. The van der Waals surface area contributed by atoms with Crippen molar-refractivity contribution < 1.29 is 9.59 Å². The van der Waals surface area contributed by atoms with Crippen LogP contribution in [-0.2, 0) is 16.1 Å². The molecule has 0 aliphatic carbocycles. The smallest absolute Gasteiger partial charge is 0.269 e. The van der Waals surface area contributed by atoms with Gasteiger partial charge in [-0.15, -0.1) is 0 Å². The van der Waals surface area contributed by atoms with Gasteiger partial charge in [0.05, 0.1) is 5.69 Å². The molecule has 5 nitrogen and oxygen atoms in total. The maximum atomic E-state index is 12.5. The standard InChI is InChI=1S/C19H17Cl2N3O2/c1-12-4-2-3-5-17(12)24-18(25)9-8-16(23-24)19(26)22-11-13-6-7-14(20)10-15(13)21/h2-8,10,23H,9,11H2,1H3,(H,22,26). The number of carbonyl (C=O) groups excluding carboxylic acids is 2. The first-order chi connectivity index (χ1) is 12.5. The summed E-state index contributed by atoms with van der Waals surface area (Å²) >= 11 is 12.0. The second-order valence-electron chi connectivity index (χ2n) is 5.87. The van der Waals surface area contributed by atoms with Gasteiger partial charge in [0.25, 0.3) is 5.91 Å². The largest absolute Gasteiger partial charge is 0.347 e. The number of hydrazine groups is 1. The highest BCUT2D eigenvalue weighted by Gasteiger charge is 2.24. The van der Waals surface area contributed by atoms with Crippen molar-refractivity contribution >= 4 is 40.7 Å². The van der Waals surface area contributed by atoms with Crippen molar-refractivity contribution in [2.45, 2.75) is 19.9 Å². The number of anilines is 1. The molecule has 0 fully saturated rings. The summed E-state index contributed by atoms with van der Waals surface area (Å²) in [6.07, 6.45) is 1.72. The van der Waals surface area contributed by atoms with Crippen molar-refractivity contribution in [3.05, 3.63) is 75.4 Å². The molecular weight excluding hydrogens is 373 g/mol. The van der Waals surface area contributed by atoms with E-state index in [1.54, 1.807) is 24.3 Å². The number of halogens is 2. The van der Waals surface area contributed by atoms with Crippen LogP contribution in [0.1, 0.15) is 17.5 Å². The number of benzene rings is 2. The number of carbonyl (C=O) groups is 2. The molecule has 134 valence electrons. The van der Waals surface area contributed by atoms with E-state index in [0.29, 0.717) is 15.7 Å². The third-order valence-corrected chi connectivity index (χ3v) is 4.60. The van der Waals surface area contributed by atoms with Crippen LogP contribution in [0.25, 0.3) is 0 Å². The molecule has 0 spiro atoms. The molecule has 0 radical (unpaired) electrons. The Balaban J connectivity index is 1.70. The molecule has 1 aliphatic rings. The Bertz CT molecular complexity index is 896. The van der Waals surface area contributed by atoms with Gasteiger partial charge in [-0.3, -0.25) is 15.0 Å². The normalized spacial score (nSPS) is 13.9. The van der Waals surface area contributed by atoms with Gasteiger partial charge in [0, 0.05) is 23.0 Å². The van der Waals surface area contributed by atoms with Crippen molar-refractivity contribution in [1.82, 2.24) is 10.7 Å². The minimum atomic E-state index is -0.317. The summed E-state index contributed by atoms with van der Waals surface area (Å²) in [7, 11) is 0. The first-order valence-corrected chi connectivity index (χ1v) is 8.79. The summed E-state index contributed by atoms with van der Waals surface area (Å²) in [6.45, 7) is 2.16. The lowest BCUT2D eigenvalue weighted by molar-refractivity contribution is -0.120. The first-order valence-electron chi connectivity index (χ1n) is 8.03. The summed E-state index contributed by atoms with van der Waals surface area (Å²) in [5.74, 6) is -0.446. The zero-order valence-electron chi connectivity index (χ0n) is 14.1. The molecule has 2 N–H and O–H groups in total. The third kappa shape index (κ3) is 4.00. The fourth-order valence-electron chi connectivity index (χ4n) is 2.60. The Morgan fingerprint density at radius 3 is 2.73 bits per heavy atom. The van der Waals surface area contributed by atoms with Crippen molar-refractivity contribution in [2.75, 3.05) is 5.01 Å². The van der Waals surface area contributed by atoms with Gasteiger partial charge in [-0.1, -0.05) is 47.5 Å². The molecule has 0 atom stereocenters. The predicted octanol–water partition coefficient (Wildman–Crippen LogP) is 3.74. The fraction of sp³-hybridized carbons (Fsp3) is 0.158. The monoisotopic (exact) mass is 389 g/mol. The topological polar surface area (TPSA) is 61.4 Å². The van der Waals surface area contributed by atoms with E-state index in [-0.39, 0.29) is 24.8 Å². The number of nitrogens with one attached hydrogen (secondary N) is 2. The van der Waals surface area contributed by atoms with Crippen LogP contribution in [0.15, 0.2) is 54.2 Å². The van der Waals surface area contributed by atoms with Crippen LogP contribution < -0.4 is 15.8 Å². The Hall–Kier alpha value is -2.50. The lowest BCUT2D eigenvalue weighted by Crippen LogP contribution is -2.49. The quantitative estimate of drug-likeness (QED) is 0.836. The summed E-state index contributed by atoms with van der Waals surface area (Å²) in [4.78, 5) is 24.7. The number of amides is 2. The Labute approximate surface area is 161 Å². The average Bonchev–Trinajstić information content (AvgIpc) is 2.62. The third-order valence-electron chi connectivity index (χ3n) is 4.02. The van der Waals surface area contributed by atoms with E-state index in [1.807, 2.05) is 31.2 Å². The lowest BCUT2D eigenvalue weighted by Gasteiger charge is -2.29. The molecule has 0 unspecified atom stereocenters. The van der Waals surface area contributed by atoms with Crippen LogP contribution in [0, 0.1) is 6.92 Å². The van der Waals surface area contributed by atoms with Crippen LogP contribution in [0.5, 0.6) is 0 Å². The average molecular weight is 390 g/mol. The van der Waals surface area contributed by atoms with Gasteiger partial charge in [-0.25, -0.2) is 5.01 Å². The van der Waals surface area contributed by atoms with E-state index in [4.69, 9.17) is 23.2 Å². The molecule has 1 aliphatic heterocycles. The van der Waals surface area contributed by atoms with E-state index in [2.05, 4.69) is 10.7 Å². The maximum absolute atomic E-state index is 12.5. The van der Waals surface area contributed by atoms with E-state index in [9.17, 15) is 9.59 Å². The van der Waals surface area contributed by atoms with Gasteiger partial charge in [0.2, 0.25) is 5.91 Å². The molecule has 3 rings (SSSR count). The van der Waals surface area contributed by atoms with E-state index in [0.717, 1.165) is 16.8 Å². The molecular formula is C19H17Cl2N3O2. The minimum Gasteiger partial charge on any atom is -0.347 e. The Morgan fingerprint density at radius 1 is 1.23 bits per heavy atom. The van der Waals surface area contributed by atoms with E-state index >= 15 is 0 Å². The summed E-state index contributed by atoms with van der Waals surface area (Å²) in [6, 6.07) is 12.6. The van der Waals surface area contributed by atoms with Crippen LogP contribution >= 0.6 is 23.2 Å².